The Morgan fingerprint density at radius 3 is 2.71 bits per heavy atom. The van der Waals surface area contributed by atoms with Crippen LogP contribution in [0.4, 0.5) is 0 Å². The Bertz CT molecular complexity index is 444. The molecule has 0 amide bonds. The van der Waals surface area contributed by atoms with Gasteiger partial charge in [0.15, 0.2) is 11.5 Å². The topological polar surface area (TPSA) is 21.7 Å². The van der Waals surface area contributed by atoms with Gasteiger partial charge in [-0.05, 0) is 31.0 Å². The summed E-state index contributed by atoms with van der Waals surface area (Å²) in [4.78, 5) is 2.43. The minimum absolute atomic E-state index is 0.690. The van der Waals surface area contributed by atoms with Gasteiger partial charge < -0.3 is 14.4 Å². The average Bonchev–Trinajstić information content (AvgIpc) is 2.83. The predicted octanol–water partition coefficient (Wildman–Crippen LogP) is 1.91. The van der Waals surface area contributed by atoms with Crippen LogP contribution in [0.15, 0.2) is 12.1 Å². The highest BCUT2D eigenvalue weighted by atomic mass is 16.5. The minimum Gasteiger partial charge on any atom is -0.493 e. The van der Waals surface area contributed by atoms with Crippen LogP contribution >= 0.6 is 0 Å². The summed E-state index contributed by atoms with van der Waals surface area (Å²) < 4.78 is 10.9. The van der Waals surface area contributed by atoms with Gasteiger partial charge in [0.1, 0.15) is 0 Å². The van der Waals surface area contributed by atoms with E-state index in [0.717, 1.165) is 23.8 Å². The van der Waals surface area contributed by atoms with E-state index in [1.165, 1.54) is 24.2 Å². The second-order valence-electron chi connectivity index (χ2n) is 5.16. The standard InChI is InChI=1S/C14H19NO2/c1-15-7-9-6-11-10(12(9)8-15)4-5-13(16-2)14(11)17-3/h4-5,9,12H,6-8H2,1-3H3. The van der Waals surface area contributed by atoms with Gasteiger partial charge in [-0.3, -0.25) is 0 Å². The molecule has 0 saturated carbocycles. The quantitative estimate of drug-likeness (QED) is 0.779. The number of hydrogen-bond donors (Lipinski definition) is 0. The van der Waals surface area contributed by atoms with Gasteiger partial charge in [-0.1, -0.05) is 6.07 Å². The summed E-state index contributed by atoms with van der Waals surface area (Å²) in [5.41, 5.74) is 2.84. The molecular weight excluding hydrogens is 214 g/mol. The Kier molecular flexibility index (Phi) is 2.51. The summed E-state index contributed by atoms with van der Waals surface area (Å²) >= 11 is 0. The van der Waals surface area contributed by atoms with E-state index in [4.69, 9.17) is 9.47 Å². The van der Waals surface area contributed by atoms with Gasteiger partial charge in [0.05, 0.1) is 14.2 Å². The molecule has 2 atom stereocenters. The Hall–Kier alpha value is -1.22. The van der Waals surface area contributed by atoms with Gasteiger partial charge in [-0.15, -0.1) is 0 Å². The van der Waals surface area contributed by atoms with E-state index in [1.54, 1.807) is 14.2 Å². The molecule has 3 rings (SSSR count). The number of ether oxygens (including phenoxy) is 2. The van der Waals surface area contributed by atoms with Gasteiger partial charge >= 0.3 is 0 Å². The lowest BCUT2D eigenvalue weighted by atomic mass is 9.96. The van der Waals surface area contributed by atoms with Crippen molar-refractivity contribution in [3.8, 4) is 11.5 Å². The summed E-state index contributed by atoms with van der Waals surface area (Å²) in [7, 11) is 5.64. The first kappa shape index (κ1) is 10.9. The maximum atomic E-state index is 5.53. The van der Waals surface area contributed by atoms with Gasteiger partial charge in [0.2, 0.25) is 0 Å². The van der Waals surface area contributed by atoms with E-state index in [1.807, 2.05) is 6.07 Å². The van der Waals surface area contributed by atoms with Crippen LogP contribution in [-0.4, -0.2) is 39.3 Å². The molecule has 1 aromatic carbocycles. The highest BCUT2D eigenvalue weighted by Crippen LogP contribution is 2.48. The molecule has 0 N–H and O–H groups in total. The molecule has 2 aliphatic rings. The fourth-order valence-corrected chi connectivity index (χ4v) is 3.47. The lowest BCUT2D eigenvalue weighted by Crippen LogP contribution is -2.15. The molecule has 1 aliphatic carbocycles. The summed E-state index contributed by atoms with van der Waals surface area (Å²) in [5, 5.41) is 0. The molecule has 0 bridgehead atoms. The smallest absolute Gasteiger partial charge is 0.164 e. The third-order valence-electron chi connectivity index (χ3n) is 4.17. The second kappa shape index (κ2) is 3.91. The Balaban J connectivity index is 2.05. The van der Waals surface area contributed by atoms with Crippen LogP contribution in [0.25, 0.3) is 0 Å². The number of nitrogens with zero attached hydrogens (tertiary/aromatic N) is 1. The van der Waals surface area contributed by atoms with Crippen LogP contribution in [0.3, 0.4) is 0 Å². The molecule has 0 spiro atoms. The Labute approximate surface area is 102 Å². The van der Waals surface area contributed by atoms with E-state index in [-0.39, 0.29) is 0 Å². The maximum absolute atomic E-state index is 5.53. The van der Waals surface area contributed by atoms with Gasteiger partial charge in [0, 0.05) is 24.6 Å². The Morgan fingerprint density at radius 1 is 1.18 bits per heavy atom. The molecule has 2 unspecified atom stereocenters. The zero-order chi connectivity index (χ0) is 12.0. The van der Waals surface area contributed by atoms with Crippen LogP contribution in [0.2, 0.25) is 0 Å². The highest BCUT2D eigenvalue weighted by molar-refractivity contribution is 5.55. The third-order valence-corrected chi connectivity index (χ3v) is 4.17. The van der Waals surface area contributed by atoms with Crippen LogP contribution in [0.1, 0.15) is 17.0 Å². The molecular formula is C14H19NO2. The summed E-state index contributed by atoms with van der Waals surface area (Å²) in [6, 6.07) is 4.26. The van der Waals surface area contributed by atoms with Crippen molar-refractivity contribution in [2.45, 2.75) is 12.3 Å². The van der Waals surface area contributed by atoms with Gasteiger partial charge in [-0.2, -0.15) is 0 Å². The van der Waals surface area contributed by atoms with Gasteiger partial charge in [-0.25, -0.2) is 0 Å². The largest absolute Gasteiger partial charge is 0.493 e. The van der Waals surface area contributed by atoms with Crippen molar-refractivity contribution in [3.05, 3.63) is 23.3 Å². The Morgan fingerprint density at radius 2 is 2.00 bits per heavy atom. The molecule has 1 saturated heterocycles. The second-order valence-corrected chi connectivity index (χ2v) is 5.16. The van der Waals surface area contributed by atoms with Crippen molar-refractivity contribution >= 4 is 0 Å². The van der Waals surface area contributed by atoms with Gasteiger partial charge in [0.25, 0.3) is 0 Å². The molecule has 92 valence electrons. The van der Waals surface area contributed by atoms with Crippen molar-refractivity contribution in [2.24, 2.45) is 5.92 Å². The van der Waals surface area contributed by atoms with E-state index in [2.05, 4.69) is 18.0 Å². The lowest BCUT2D eigenvalue weighted by molar-refractivity contribution is 0.349. The first-order valence-corrected chi connectivity index (χ1v) is 6.17. The molecule has 1 aliphatic heterocycles. The average molecular weight is 233 g/mol. The lowest BCUT2D eigenvalue weighted by Gasteiger charge is -2.15. The molecule has 17 heavy (non-hydrogen) atoms. The van der Waals surface area contributed by atoms with Crippen LogP contribution in [0, 0.1) is 5.92 Å². The molecule has 3 heteroatoms. The van der Waals surface area contributed by atoms with Crippen molar-refractivity contribution in [2.75, 3.05) is 34.4 Å². The van der Waals surface area contributed by atoms with E-state index >= 15 is 0 Å². The van der Waals surface area contributed by atoms with Crippen molar-refractivity contribution in [3.63, 3.8) is 0 Å². The molecule has 0 radical (unpaired) electrons. The molecule has 1 aromatic rings. The number of hydrogen-bond acceptors (Lipinski definition) is 3. The number of rotatable bonds is 2. The minimum atomic E-state index is 0.690. The number of methoxy groups -OCH3 is 2. The van der Waals surface area contributed by atoms with Crippen molar-refractivity contribution < 1.29 is 9.47 Å². The zero-order valence-electron chi connectivity index (χ0n) is 10.7. The maximum Gasteiger partial charge on any atom is 0.164 e. The first-order chi connectivity index (χ1) is 8.24. The normalized spacial score (nSPS) is 26.8. The summed E-state index contributed by atoms with van der Waals surface area (Å²) in [6.45, 7) is 2.37. The molecule has 1 fully saturated rings. The molecule has 3 nitrogen and oxygen atoms in total. The number of likely N-dealkylation sites (N-methyl/N-ethyl adjacent to an activating group) is 1. The zero-order valence-corrected chi connectivity index (χ0v) is 10.7. The van der Waals surface area contributed by atoms with Crippen molar-refractivity contribution in [1.82, 2.24) is 4.90 Å². The molecule has 1 heterocycles. The monoisotopic (exact) mass is 233 g/mol. The fraction of sp³-hybridized carbons (Fsp3) is 0.571. The third kappa shape index (κ3) is 1.53. The predicted molar refractivity (Wildman–Crippen MR) is 67.0 cm³/mol. The van der Waals surface area contributed by atoms with Crippen LogP contribution in [-0.2, 0) is 6.42 Å². The fourth-order valence-electron chi connectivity index (χ4n) is 3.47. The summed E-state index contributed by atoms with van der Waals surface area (Å²) in [6.07, 6.45) is 1.13. The van der Waals surface area contributed by atoms with E-state index in [9.17, 15) is 0 Å². The van der Waals surface area contributed by atoms with Crippen LogP contribution < -0.4 is 9.47 Å². The number of fused-ring (bicyclic) bond motifs is 3. The number of likely N-dealkylation sites (tertiary alicyclic amines) is 1. The highest BCUT2D eigenvalue weighted by Gasteiger charge is 2.40. The van der Waals surface area contributed by atoms with Crippen molar-refractivity contribution in [1.29, 1.82) is 0 Å². The van der Waals surface area contributed by atoms with E-state index < -0.39 is 0 Å². The first-order valence-electron chi connectivity index (χ1n) is 6.17. The van der Waals surface area contributed by atoms with E-state index in [0.29, 0.717) is 5.92 Å². The summed E-state index contributed by atoms with van der Waals surface area (Å²) in [5.74, 6) is 3.26. The number of benzene rings is 1. The SMILES string of the molecule is COc1ccc2c(c1OC)CC1CN(C)CC21. The molecule has 0 aromatic heterocycles. The van der Waals surface area contributed by atoms with Crippen LogP contribution in [0.5, 0.6) is 11.5 Å².